The van der Waals surface area contributed by atoms with E-state index in [9.17, 15) is 8.78 Å². The van der Waals surface area contributed by atoms with Gasteiger partial charge in [0.1, 0.15) is 17.5 Å². The van der Waals surface area contributed by atoms with Crippen LogP contribution in [0.25, 0.3) is 0 Å². The third-order valence-electron chi connectivity index (χ3n) is 4.15. The van der Waals surface area contributed by atoms with E-state index in [1.54, 1.807) is 0 Å². The van der Waals surface area contributed by atoms with E-state index in [-0.39, 0.29) is 0 Å². The second-order valence-corrected chi connectivity index (χ2v) is 10.2. The number of nitrogens with zero attached hydrogens (tertiary/aromatic N) is 1. The van der Waals surface area contributed by atoms with Gasteiger partial charge >= 0.3 is 0 Å². The first kappa shape index (κ1) is 20.5. The molecule has 2 nitrogen and oxygen atoms in total. The third kappa shape index (κ3) is 5.11. The van der Waals surface area contributed by atoms with Gasteiger partial charge in [-0.1, -0.05) is 45.9 Å². The van der Waals surface area contributed by atoms with Gasteiger partial charge in [-0.25, -0.2) is 13.8 Å². The van der Waals surface area contributed by atoms with E-state index in [4.69, 9.17) is 4.99 Å². The van der Waals surface area contributed by atoms with E-state index in [1.807, 2.05) is 32.0 Å². The van der Waals surface area contributed by atoms with Crippen molar-refractivity contribution in [2.24, 2.45) is 4.99 Å². The lowest BCUT2D eigenvalue weighted by Gasteiger charge is -2.28. The lowest BCUT2D eigenvalue weighted by atomic mass is 10.1. The van der Waals surface area contributed by atoms with E-state index >= 15 is 0 Å². The molecule has 0 amide bonds. The minimum absolute atomic E-state index is 0.409. The first-order chi connectivity index (χ1) is 12.2. The molecular weight excluding hydrogens is 349 g/mol. The number of para-hydroxylation sites is 1. The molecule has 0 aromatic heterocycles. The molecule has 0 radical (unpaired) electrons. The zero-order valence-corrected chi connectivity index (χ0v) is 17.2. The van der Waals surface area contributed by atoms with Crippen molar-refractivity contribution in [3.63, 3.8) is 0 Å². The molecule has 0 spiro atoms. The van der Waals surface area contributed by atoms with Crippen LogP contribution in [0.5, 0.6) is 0 Å². The summed E-state index contributed by atoms with van der Waals surface area (Å²) in [6.07, 6.45) is 0. The van der Waals surface area contributed by atoms with Gasteiger partial charge in [0.05, 0.1) is 5.69 Å². The predicted octanol–water partition coefficient (Wildman–Crippen LogP) is 6.46. The Balaban J connectivity index is 2.60. The summed E-state index contributed by atoms with van der Waals surface area (Å²) in [5, 5.41) is 3.51. The maximum atomic E-state index is 13.8. The highest BCUT2D eigenvalue weighted by atomic mass is 31.1. The fourth-order valence-electron chi connectivity index (χ4n) is 2.92. The molecule has 2 aromatic rings. The van der Waals surface area contributed by atoms with Crippen LogP contribution in [0.3, 0.4) is 0 Å². The van der Waals surface area contributed by atoms with Gasteiger partial charge in [-0.05, 0) is 56.5 Å². The number of benzene rings is 2. The Hall–Kier alpha value is -1.80. The lowest BCUT2D eigenvalue weighted by Crippen LogP contribution is -2.26. The van der Waals surface area contributed by atoms with E-state index in [1.165, 1.54) is 12.1 Å². The van der Waals surface area contributed by atoms with E-state index in [0.717, 1.165) is 22.9 Å². The predicted molar refractivity (Wildman–Crippen MR) is 109 cm³/mol. The molecule has 0 fully saturated rings. The van der Waals surface area contributed by atoms with Gasteiger partial charge in [-0.3, -0.25) is 0 Å². The van der Waals surface area contributed by atoms with E-state index in [0.29, 0.717) is 22.7 Å². The molecule has 0 aliphatic carbocycles. The van der Waals surface area contributed by atoms with Crippen molar-refractivity contribution in [2.45, 2.75) is 52.9 Å². The highest BCUT2D eigenvalue weighted by Crippen LogP contribution is 2.42. The van der Waals surface area contributed by atoms with Crippen LogP contribution in [-0.4, -0.2) is 17.2 Å². The highest BCUT2D eigenvalue weighted by molar-refractivity contribution is 7.57. The molecule has 140 valence electrons. The normalized spacial score (nSPS) is 12.3. The molecule has 0 aliphatic heterocycles. The maximum absolute atomic E-state index is 13.8. The summed E-state index contributed by atoms with van der Waals surface area (Å²) in [6.45, 7) is 12.6. The van der Waals surface area contributed by atoms with Crippen molar-refractivity contribution in [3.05, 3.63) is 64.7 Å². The molecule has 0 unspecified atom stereocenters. The van der Waals surface area contributed by atoms with Crippen LogP contribution in [0, 0.1) is 25.5 Å². The van der Waals surface area contributed by atoms with Crippen molar-refractivity contribution < 1.29 is 8.78 Å². The summed E-state index contributed by atoms with van der Waals surface area (Å²) in [5.74, 6) is -0.682. The molecule has 2 rings (SSSR count). The van der Waals surface area contributed by atoms with Gasteiger partial charge in [-0.2, -0.15) is 0 Å². The summed E-state index contributed by atoms with van der Waals surface area (Å²) in [5.41, 5.74) is 4.14. The van der Waals surface area contributed by atoms with E-state index < -0.39 is 19.7 Å². The van der Waals surface area contributed by atoms with Crippen molar-refractivity contribution in [3.8, 4) is 0 Å². The molecule has 0 bridgehead atoms. The van der Waals surface area contributed by atoms with Gasteiger partial charge < -0.3 is 5.09 Å². The standard InChI is InChI=1S/C21H27F2N2P/c1-13(2)26(14(3)4)25-21(17-10-18(22)12-19(23)11-17)24-20-15(5)8-7-9-16(20)6/h7-14H,1-6H3,(H,24,25). The summed E-state index contributed by atoms with van der Waals surface area (Å²) in [6, 6.07) is 9.50. The number of nitrogens with one attached hydrogen (secondary N) is 1. The van der Waals surface area contributed by atoms with Crippen molar-refractivity contribution in [1.82, 2.24) is 5.09 Å². The average Bonchev–Trinajstić information content (AvgIpc) is 2.52. The smallest absolute Gasteiger partial charge is 0.137 e. The molecule has 5 heteroatoms. The molecule has 0 heterocycles. The van der Waals surface area contributed by atoms with Gasteiger partial charge in [0, 0.05) is 11.6 Å². The molecule has 26 heavy (non-hydrogen) atoms. The van der Waals surface area contributed by atoms with E-state index in [2.05, 4.69) is 32.8 Å². The largest absolute Gasteiger partial charge is 0.348 e. The molecule has 1 N–H and O–H groups in total. The highest BCUT2D eigenvalue weighted by Gasteiger charge is 2.20. The number of aryl methyl sites for hydroxylation is 2. The van der Waals surface area contributed by atoms with Crippen LogP contribution in [-0.2, 0) is 0 Å². The first-order valence-electron chi connectivity index (χ1n) is 8.85. The summed E-state index contributed by atoms with van der Waals surface area (Å²) in [7, 11) is -0.602. The Morgan fingerprint density at radius 2 is 1.42 bits per heavy atom. The molecule has 0 saturated heterocycles. The summed E-state index contributed by atoms with van der Waals surface area (Å²) < 4.78 is 27.6. The molecule has 0 aliphatic rings. The topological polar surface area (TPSA) is 24.4 Å². The zero-order chi connectivity index (χ0) is 19.4. The number of halogens is 2. The first-order valence-corrected chi connectivity index (χ1v) is 10.3. The maximum Gasteiger partial charge on any atom is 0.137 e. The molecule has 0 saturated carbocycles. The second-order valence-electron chi connectivity index (χ2n) is 7.07. The minimum atomic E-state index is -0.602. The third-order valence-corrected chi connectivity index (χ3v) is 6.84. The van der Waals surface area contributed by atoms with Crippen LogP contribution in [0.15, 0.2) is 41.4 Å². The van der Waals surface area contributed by atoms with Gasteiger partial charge in [0.2, 0.25) is 0 Å². The lowest BCUT2D eigenvalue weighted by molar-refractivity contribution is 0.582. The SMILES string of the molecule is Cc1cccc(C)c1N=C(NP(C(C)C)C(C)C)c1cc(F)cc(F)c1. The molecular formula is C21H27F2N2P. The van der Waals surface area contributed by atoms with Crippen LogP contribution < -0.4 is 5.09 Å². The Morgan fingerprint density at radius 3 is 1.88 bits per heavy atom. The molecule has 0 atom stereocenters. The fourth-order valence-corrected chi connectivity index (χ4v) is 5.05. The van der Waals surface area contributed by atoms with Gasteiger partial charge in [0.15, 0.2) is 0 Å². The minimum Gasteiger partial charge on any atom is -0.348 e. The average molecular weight is 376 g/mol. The summed E-state index contributed by atoms with van der Waals surface area (Å²) in [4.78, 5) is 4.80. The van der Waals surface area contributed by atoms with Crippen LogP contribution >= 0.6 is 8.07 Å². The van der Waals surface area contributed by atoms with Crippen molar-refractivity contribution in [2.75, 3.05) is 0 Å². The summed E-state index contributed by atoms with van der Waals surface area (Å²) >= 11 is 0. The number of amidine groups is 1. The van der Waals surface area contributed by atoms with Gasteiger partial charge in [-0.15, -0.1) is 0 Å². The quantitative estimate of drug-likeness (QED) is 0.361. The Morgan fingerprint density at radius 1 is 0.923 bits per heavy atom. The Labute approximate surface area is 156 Å². The van der Waals surface area contributed by atoms with Crippen LogP contribution in [0.4, 0.5) is 14.5 Å². The van der Waals surface area contributed by atoms with Crippen LogP contribution in [0.2, 0.25) is 0 Å². The number of hydrogen-bond acceptors (Lipinski definition) is 1. The number of rotatable bonds is 5. The Bertz CT molecular complexity index is 752. The fraction of sp³-hybridized carbons (Fsp3) is 0.381. The number of hydrogen-bond donors (Lipinski definition) is 1. The van der Waals surface area contributed by atoms with Gasteiger partial charge in [0.25, 0.3) is 0 Å². The monoisotopic (exact) mass is 376 g/mol. The zero-order valence-electron chi connectivity index (χ0n) is 16.3. The van der Waals surface area contributed by atoms with Crippen LogP contribution in [0.1, 0.15) is 44.4 Å². The Kier molecular flexibility index (Phi) is 6.88. The second kappa shape index (κ2) is 8.73. The number of aliphatic imine (C=N–C) groups is 1. The molecule has 2 aromatic carbocycles. The van der Waals surface area contributed by atoms with Crippen molar-refractivity contribution >= 4 is 19.6 Å². The van der Waals surface area contributed by atoms with Crippen molar-refractivity contribution in [1.29, 1.82) is 0 Å².